The Labute approximate surface area is 144 Å². The summed E-state index contributed by atoms with van der Waals surface area (Å²) in [6.45, 7) is 0.347. The molecule has 1 aromatic heterocycles. The summed E-state index contributed by atoms with van der Waals surface area (Å²) >= 11 is 0. The summed E-state index contributed by atoms with van der Waals surface area (Å²) in [7, 11) is -2.26. The second-order valence-corrected chi connectivity index (χ2v) is 7.15. The molecule has 0 spiro atoms. The number of methoxy groups -OCH3 is 1. The SMILES string of the molecule is COc1cccc(NS(=O)(=O)c2ccc3c(c2)-c2oncc2CO3)c1. The Morgan fingerprint density at radius 2 is 2.08 bits per heavy atom. The molecule has 0 aliphatic carbocycles. The molecule has 0 amide bonds. The van der Waals surface area contributed by atoms with Crippen molar-refractivity contribution in [2.24, 2.45) is 0 Å². The molecular formula is C17H14N2O5S. The van der Waals surface area contributed by atoms with Gasteiger partial charge in [-0.15, -0.1) is 0 Å². The molecule has 3 aromatic rings. The Hall–Kier alpha value is -3.00. The van der Waals surface area contributed by atoms with Crippen LogP contribution in [-0.4, -0.2) is 20.7 Å². The van der Waals surface area contributed by atoms with Gasteiger partial charge in [0.05, 0.1) is 35.0 Å². The summed E-state index contributed by atoms with van der Waals surface area (Å²) in [5.41, 5.74) is 1.75. The molecule has 0 saturated heterocycles. The van der Waals surface area contributed by atoms with Crippen LogP contribution in [0.2, 0.25) is 0 Å². The largest absolute Gasteiger partial charge is 0.497 e. The molecule has 128 valence electrons. The van der Waals surface area contributed by atoms with Gasteiger partial charge in [-0.25, -0.2) is 8.42 Å². The van der Waals surface area contributed by atoms with Crippen LogP contribution in [0.3, 0.4) is 0 Å². The highest BCUT2D eigenvalue weighted by atomic mass is 32.2. The normalized spacial score (nSPS) is 12.7. The fourth-order valence-electron chi connectivity index (χ4n) is 2.62. The van der Waals surface area contributed by atoms with E-state index in [-0.39, 0.29) is 4.90 Å². The third-order valence-electron chi connectivity index (χ3n) is 3.86. The van der Waals surface area contributed by atoms with E-state index >= 15 is 0 Å². The lowest BCUT2D eigenvalue weighted by molar-refractivity contribution is 0.297. The van der Waals surface area contributed by atoms with Crippen LogP contribution in [0.5, 0.6) is 11.5 Å². The monoisotopic (exact) mass is 358 g/mol. The summed E-state index contributed by atoms with van der Waals surface area (Å²) in [5.74, 6) is 1.65. The number of rotatable bonds is 4. The predicted octanol–water partition coefficient (Wildman–Crippen LogP) is 3.04. The molecule has 1 aliphatic heterocycles. The Morgan fingerprint density at radius 1 is 1.20 bits per heavy atom. The number of fused-ring (bicyclic) bond motifs is 3. The second-order valence-electron chi connectivity index (χ2n) is 5.46. The van der Waals surface area contributed by atoms with Gasteiger partial charge < -0.3 is 14.0 Å². The highest BCUT2D eigenvalue weighted by molar-refractivity contribution is 7.92. The number of nitrogens with one attached hydrogen (secondary N) is 1. The molecule has 25 heavy (non-hydrogen) atoms. The highest BCUT2D eigenvalue weighted by Crippen LogP contribution is 2.38. The first kappa shape index (κ1) is 15.5. The van der Waals surface area contributed by atoms with Crippen molar-refractivity contribution in [3.8, 4) is 22.8 Å². The summed E-state index contributed by atoms with van der Waals surface area (Å²) in [4.78, 5) is 0.0990. The molecule has 4 rings (SSSR count). The Bertz CT molecular complexity index is 1040. The van der Waals surface area contributed by atoms with Crippen molar-refractivity contribution in [2.75, 3.05) is 11.8 Å². The molecule has 8 heteroatoms. The standard InChI is InChI=1S/C17H14N2O5S/c1-22-13-4-2-3-12(7-13)19-25(20,21)14-5-6-16-15(8-14)17-11(10-23-16)9-18-24-17/h2-9,19H,10H2,1H3. The van der Waals surface area contributed by atoms with Crippen molar-refractivity contribution < 1.29 is 22.4 Å². The maximum Gasteiger partial charge on any atom is 0.261 e. The molecule has 1 N–H and O–H groups in total. The lowest BCUT2D eigenvalue weighted by atomic mass is 10.1. The fraction of sp³-hybridized carbons (Fsp3) is 0.118. The molecular weight excluding hydrogens is 344 g/mol. The van der Waals surface area contributed by atoms with Crippen LogP contribution in [0.1, 0.15) is 5.56 Å². The van der Waals surface area contributed by atoms with Crippen LogP contribution in [-0.2, 0) is 16.6 Å². The average Bonchev–Trinajstić information content (AvgIpc) is 3.10. The Balaban J connectivity index is 1.71. The quantitative estimate of drug-likeness (QED) is 0.771. The predicted molar refractivity (Wildman–Crippen MR) is 90.1 cm³/mol. The first-order valence-electron chi connectivity index (χ1n) is 7.44. The van der Waals surface area contributed by atoms with E-state index < -0.39 is 10.0 Å². The van der Waals surface area contributed by atoms with E-state index in [1.54, 1.807) is 36.5 Å². The molecule has 2 aromatic carbocycles. The Morgan fingerprint density at radius 3 is 2.92 bits per heavy atom. The minimum atomic E-state index is -3.78. The molecule has 0 radical (unpaired) electrons. The molecule has 0 unspecified atom stereocenters. The summed E-state index contributed by atoms with van der Waals surface area (Å²) in [6.07, 6.45) is 1.56. The minimum Gasteiger partial charge on any atom is -0.497 e. The molecule has 0 bridgehead atoms. The zero-order valence-corrected chi connectivity index (χ0v) is 14.0. The van der Waals surface area contributed by atoms with Crippen LogP contribution in [0.25, 0.3) is 11.3 Å². The number of aromatic nitrogens is 1. The van der Waals surface area contributed by atoms with E-state index in [1.807, 2.05) is 0 Å². The van der Waals surface area contributed by atoms with Crippen molar-refractivity contribution in [3.63, 3.8) is 0 Å². The van der Waals surface area contributed by atoms with Crippen molar-refractivity contribution in [2.45, 2.75) is 11.5 Å². The molecule has 0 saturated carbocycles. The van der Waals surface area contributed by atoms with Crippen LogP contribution in [0.4, 0.5) is 5.69 Å². The van der Waals surface area contributed by atoms with Crippen molar-refractivity contribution in [3.05, 3.63) is 54.2 Å². The minimum absolute atomic E-state index is 0.0990. The van der Waals surface area contributed by atoms with Crippen molar-refractivity contribution in [1.82, 2.24) is 5.16 Å². The number of ether oxygens (including phenoxy) is 2. The van der Waals surface area contributed by atoms with Crippen molar-refractivity contribution >= 4 is 15.7 Å². The number of hydrogen-bond donors (Lipinski definition) is 1. The maximum absolute atomic E-state index is 12.7. The molecule has 0 atom stereocenters. The van der Waals surface area contributed by atoms with E-state index in [9.17, 15) is 8.42 Å². The van der Waals surface area contributed by atoms with Gasteiger partial charge in [0, 0.05) is 6.07 Å². The molecule has 0 fully saturated rings. The smallest absolute Gasteiger partial charge is 0.261 e. The lowest BCUT2D eigenvalue weighted by Crippen LogP contribution is -2.13. The van der Waals surface area contributed by atoms with E-state index in [2.05, 4.69) is 9.88 Å². The van der Waals surface area contributed by atoms with Gasteiger partial charge in [-0.3, -0.25) is 4.72 Å². The number of hydrogen-bond acceptors (Lipinski definition) is 6. The summed E-state index contributed by atoms with van der Waals surface area (Å²) < 4.78 is 43.9. The second kappa shape index (κ2) is 5.82. The number of nitrogens with zero attached hydrogens (tertiary/aromatic N) is 1. The Kier molecular flexibility index (Phi) is 3.61. The van der Waals surface area contributed by atoms with Crippen LogP contribution < -0.4 is 14.2 Å². The van der Waals surface area contributed by atoms with Gasteiger partial charge in [0.1, 0.15) is 18.1 Å². The fourth-order valence-corrected chi connectivity index (χ4v) is 3.70. The highest BCUT2D eigenvalue weighted by Gasteiger charge is 2.24. The first-order valence-corrected chi connectivity index (χ1v) is 8.93. The van der Waals surface area contributed by atoms with Gasteiger partial charge in [-0.1, -0.05) is 11.2 Å². The van der Waals surface area contributed by atoms with Crippen LogP contribution in [0.15, 0.2) is 58.1 Å². The summed E-state index contributed by atoms with van der Waals surface area (Å²) in [6, 6.07) is 11.3. The van der Waals surface area contributed by atoms with Crippen LogP contribution in [0, 0.1) is 0 Å². The molecule has 1 aliphatic rings. The maximum atomic E-state index is 12.7. The van der Waals surface area contributed by atoms with Gasteiger partial charge in [0.2, 0.25) is 0 Å². The third-order valence-corrected chi connectivity index (χ3v) is 5.23. The lowest BCUT2D eigenvalue weighted by Gasteiger charge is -2.17. The molecule has 2 heterocycles. The average molecular weight is 358 g/mol. The third kappa shape index (κ3) is 2.80. The number of anilines is 1. The van der Waals surface area contributed by atoms with Gasteiger partial charge >= 0.3 is 0 Å². The summed E-state index contributed by atoms with van der Waals surface area (Å²) in [5, 5.41) is 3.75. The molecule has 7 nitrogen and oxygen atoms in total. The zero-order chi connectivity index (χ0) is 17.4. The van der Waals surface area contributed by atoms with E-state index in [1.165, 1.54) is 19.2 Å². The van der Waals surface area contributed by atoms with E-state index in [0.717, 1.165) is 5.56 Å². The van der Waals surface area contributed by atoms with Gasteiger partial charge in [0.25, 0.3) is 10.0 Å². The number of sulfonamides is 1. The van der Waals surface area contributed by atoms with E-state index in [0.29, 0.717) is 35.1 Å². The van der Waals surface area contributed by atoms with E-state index in [4.69, 9.17) is 14.0 Å². The topological polar surface area (TPSA) is 90.7 Å². The van der Waals surface area contributed by atoms with Gasteiger partial charge in [0.15, 0.2) is 5.76 Å². The number of benzene rings is 2. The first-order chi connectivity index (χ1) is 12.1. The zero-order valence-electron chi connectivity index (χ0n) is 13.2. The van der Waals surface area contributed by atoms with Crippen LogP contribution >= 0.6 is 0 Å². The van der Waals surface area contributed by atoms with Crippen molar-refractivity contribution in [1.29, 1.82) is 0 Å². The van der Waals surface area contributed by atoms with Gasteiger partial charge in [-0.2, -0.15) is 0 Å². The van der Waals surface area contributed by atoms with Gasteiger partial charge in [-0.05, 0) is 30.3 Å².